The predicted molar refractivity (Wildman–Crippen MR) is 32.9 cm³/mol. The Kier molecular flexibility index (Phi) is 1.61. The van der Waals surface area contributed by atoms with Crippen LogP contribution < -0.4 is 0 Å². The molecule has 0 aliphatic heterocycles. The molecule has 1 N–H and O–H groups in total. The van der Waals surface area contributed by atoms with E-state index < -0.39 is 5.92 Å². The van der Waals surface area contributed by atoms with Crippen LogP contribution in [0.15, 0.2) is 6.07 Å². The van der Waals surface area contributed by atoms with Gasteiger partial charge in [-0.3, -0.25) is 5.10 Å². The highest BCUT2D eigenvalue weighted by Crippen LogP contribution is 2.24. The Morgan fingerprint density at radius 2 is 2.36 bits per heavy atom. The molecule has 0 saturated heterocycles. The van der Waals surface area contributed by atoms with Gasteiger partial charge >= 0.3 is 0 Å². The monoisotopic (exact) mass is 157 g/mol. The lowest BCUT2D eigenvalue weighted by Crippen LogP contribution is -2.06. The van der Waals surface area contributed by atoms with E-state index in [1.165, 1.54) is 0 Å². The normalized spacial score (nSPS) is 11.1. The van der Waals surface area contributed by atoms with E-state index in [4.69, 9.17) is 5.26 Å². The lowest BCUT2D eigenvalue weighted by Gasteiger charge is -2.04. The molecule has 11 heavy (non-hydrogen) atoms. The Hall–Kier alpha value is -1.44. The Labute approximate surface area is 61.6 Å². The van der Waals surface area contributed by atoms with Crippen LogP contribution in [0, 0.1) is 11.3 Å². The van der Waals surface area contributed by atoms with E-state index >= 15 is 0 Å². The molecule has 0 bridgehead atoms. The van der Waals surface area contributed by atoms with Gasteiger partial charge in [-0.1, -0.05) is 0 Å². The molecule has 1 aromatic heterocycles. The Morgan fingerprint density at radius 1 is 1.73 bits per heavy atom. The van der Waals surface area contributed by atoms with Crippen molar-refractivity contribution in [3.63, 3.8) is 0 Å². The largest absolute Gasteiger partial charge is 0.286 e. The summed E-state index contributed by atoms with van der Waals surface area (Å²) >= 11 is 0. The van der Waals surface area contributed by atoms with E-state index in [0.717, 1.165) is 13.0 Å². The van der Waals surface area contributed by atoms with Gasteiger partial charge in [0.05, 0.1) is 0 Å². The van der Waals surface area contributed by atoms with E-state index in [-0.39, 0.29) is 11.4 Å². The van der Waals surface area contributed by atoms with Crippen molar-refractivity contribution < 1.29 is 8.78 Å². The number of hydrogen-bond acceptors (Lipinski definition) is 2. The Morgan fingerprint density at radius 3 is 2.64 bits per heavy atom. The van der Waals surface area contributed by atoms with E-state index in [2.05, 4.69) is 10.2 Å². The molecular formula is C6H5F2N3. The fourth-order valence-corrected chi connectivity index (χ4v) is 0.604. The highest BCUT2D eigenvalue weighted by molar-refractivity contribution is 5.23. The first-order valence-corrected chi connectivity index (χ1v) is 2.88. The molecule has 1 heterocycles. The molecule has 1 aromatic rings. The van der Waals surface area contributed by atoms with Crippen LogP contribution in [-0.4, -0.2) is 10.2 Å². The summed E-state index contributed by atoms with van der Waals surface area (Å²) in [6.07, 6.45) is 0. The van der Waals surface area contributed by atoms with E-state index in [9.17, 15) is 8.78 Å². The van der Waals surface area contributed by atoms with Gasteiger partial charge in [-0.25, -0.2) is 0 Å². The van der Waals surface area contributed by atoms with Crippen molar-refractivity contribution in [3.05, 3.63) is 17.5 Å². The van der Waals surface area contributed by atoms with Crippen molar-refractivity contribution >= 4 is 0 Å². The number of alkyl halides is 2. The molecule has 0 amide bonds. The number of H-pyrrole nitrogens is 1. The number of nitriles is 1. The molecule has 0 saturated carbocycles. The third kappa shape index (κ3) is 1.52. The van der Waals surface area contributed by atoms with E-state index in [1.807, 2.05) is 0 Å². The molecule has 0 aromatic carbocycles. The molecule has 0 spiro atoms. The Balaban J connectivity index is 3.01. The molecular weight excluding hydrogens is 152 g/mol. The van der Waals surface area contributed by atoms with Gasteiger partial charge in [-0.2, -0.15) is 19.1 Å². The van der Waals surface area contributed by atoms with Gasteiger partial charge in [0.15, 0.2) is 5.69 Å². The second-order valence-electron chi connectivity index (χ2n) is 2.17. The van der Waals surface area contributed by atoms with E-state index in [0.29, 0.717) is 0 Å². The van der Waals surface area contributed by atoms with Gasteiger partial charge in [0.25, 0.3) is 5.92 Å². The third-order valence-electron chi connectivity index (χ3n) is 1.17. The molecule has 3 nitrogen and oxygen atoms in total. The van der Waals surface area contributed by atoms with Crippen molar-refractivity contribution in [1.29, 1.82) is 5.26 Å². The van der Waals surface area contributed by atoms with Crippen molar-refractivity contribution in [2.75, 3.05) is 0 Å². The van der Waals surface area contributed by atoms with Crippen LogP contribution in [-0.2, 0) is 5.92 Å². The second-order valence-corrected chi connectivity index (χ2v) is 2.17. The third-order valence-corrected chi connectivity index (χ3v) is 1.17. The average molecular weight is 157 g/mol. The van der Waals surface area contributed by atoms with E-state index in [1.54, 1.807) is 6.07 Å². The SMILES string of the molecule is CC(F)(F)c1cc(C#N)n[nH]1. The summed E-state index contributed by atoms with van der Waals surface area (Å²) in [6.45, 7) is 0.738. The minimum absolute atomic E-state index is 0.0264. The highest BCUT2D eigenvalue weighted by atomic mass is 19.3. The molecule has 0 radical (unpaired) electrons. The molecule has 0 aliphatic rings. The summed E-state index contributed by atoms with van der Waals surface area (Å²) in [5.41, 5.74) is -0.365. The summed E-state index contributed by atoms with van der Waals surface area (Å²) in [4.78, 5) is 0. The number of hydrogen-bond donors (Lipinski definition) is 1. The van der Waals surface area contributed by atoms with Gasteiger partial charge in [0.2, 0.25) is 0 Å². The van der Waals surface area contributed by atoms with Crippen molar-refractivity contribution in [1.82, 2.24) is 10.2 Å². The first-order valence-electron chi connectivity index (χ1n) is 2.88. The van der Waals surface area contributed by atoms with Gasteiger partial charge in [-0.05, 0) is 0 Å². The number of rotatable bonds is 1. The van der Waals surface area contributed by atoms with Crippen LogP contribution in [0.5, 0.6) is 0 Å². The highest BCUT2D eigenvalue weighted by Gasteiger charge is 2.26. The van der Waals surface area contributed by atoms with Crippen molar-refractivity contribution in [3.8, 4) is 6.07 Å². The Bertz CT molecular complexity index is 292. The molecule has 0 atom stereocenters. The second kappa shape index (κ2) is 2.31. The molecule has 58 valence electrons. The summed E-state index contributed by atoms with van der Waals surface area (Å²) in [5, 5.41) is 13.6. The maximum atomic E-state index is 12.4. The summed E-state index contributed by atoms with van der Waals surface area (Å²) in [6, 6.07) is 2.67. The predicted octanol–water partition coefficient (Wildman–Crippen LogP) is 1.39. The van der Waals surface area contributed by atoms with Crippen molar-refractivity contribution in [2.24, 2.45) is 0 Å². The number of aromatic nitrogens is 2. The minimum atomic E-state index is -2.96. The number of nitrogens with zero attached hydrogens (tertiary/aromatic N) is 2. The summed E-state index contributed by atoms with van der Waals surface area (Å²) in [7, 11) is 0. The number of halogens is 2. The number of nitrogens with one attached hydrogen (secondary N) is 1. The average Bonchev–Trinajstić information content (AvgIpc) is 2.32. The van der Waals surface area contributed by atoms with Gasteiger partial charge in [0, 0.05) is 13.0 Å². The van der Waals surface area contributed by atoms with Gasteiger partial charge in [-0.15, -0.1) is 0 Å². The van der Waals surface area contributed by atoms with Crippen LogP contribution >= 0.6 is 0 Å². The molecule has 0 unspecified atom stereocenters. The zero-order valence-electron chi connectivity index (χ0n) is 5.73. The smallest absolute Gasteiger partial charge is 0.275 e. The minimum Gasteiger partial charge on any atom is -0.275 e. The lowest BCUT2D eigenvalue weighted by atomic mass is 10.2. The standard InChI is InChI=1S/C6H5F2N3/c1-6(7,8)5-2-4(3-9)10-11-5/h2H,1H3,(H,10,11). The molecule has 0 aliphatic carbocycles. The summed E-state index contributed by atoms with van der Waals surface area (Å²) in [5.74, 6) is -2.96. The lowest BCUT2D eigenvalue weighted by molar-refractivity contribution is 0.0127. The zero-order chi connectivity index (χ0) is 8.48. The molecule has 0 fully saturated rings. The maximum absolute atomic E-state index is 12.4. The first-order chi connectivity index (χ1) is 5.04. The van der Waals surface area contributed by atoms with Gasteiger partial charge in [0.1, 0.15) is 11.8 Å². The van der Waals surface area contributed by atoms with Crippen molar-refractivity contribution in [2.45, 2.75) is 12.8 Å². The molecule has 5 heteroatoms. The number of aromatic amines is 1. The van der Waals surface area contributed by atoms with Crippen LogP contribution in [0.25, 0.3) is 0 Å². The topological polar surface area (TPSA) is 52.5 Å². The molecule has 1 rings (SSSR count). The zero-order valence-corrected chi connectivity index (χ0v) is 5.73. The van der Waals surface area contributed by atoms with Crippen LogP contribution in [0.2, 0.25) is 0 Å². The quantitative estimate of drug-likeness (QED) is 0.669. The van der Waals surface area contributed by atoms with Crippen LogP contribution in [0.4, 0.5) is 8.78 Å². The fourth-order valence-electron chi connectivity index (χ4n) is 0.604. The fraction of sp³-hybridized carbons (Fsp3) is 0.333. The maximum Gasteiger partial charge on any atom is 0.286 e. The first kappa shape index (κ1) is 7.66. The van der Waals surface area contributed by atoms with Gasteiger partial charge < -0.3 is 0 Å². The van der Waals surface area contributed by atoms with Crippen LogP contribution in [0.1, 0.15) is 18.3 Å². The van der Waals surface area contributed by atoms with Crippen LogP contribution in [0.3, 0.4) is 0 Å². The summed E-state index contributed by atoms with van der Waals surface area (Å²) < 4.78 is 24.8.